The van der Waals surface area contributed by atoms with Gasteiger partial charge in [-0.05, 0) is 42.4 Å². The minimum atomic E-state index is -0.138. The number of benzene rings is 1. The average molecular weight is 205 g/mol. The van der Waals surface area contributed by atoms with Crippen molar-refractivity contribution in [3.63, 3.8) is 0 Å². The second-order valence-corrected chi connectivity index (χ2v) is 4.51. The van der Waals surface area contributed by atoms with Gasteiger partial charge in [-0.2, -0.15) is 0 Å². The van der Waals surface area contributed by atoms with E-state index in [1.54, 1.807) is 12.1 Å². The van der Waals surface area contributed by atoms with Crippen molar-refractivity contribution in [2.75, 3.05) is 0 Å². The largest absolute Gasteiger partial charge is 0.207 e. The van der Waals surface area contributed by atoms with Gasteiger partial charge in [0.2, 0.25) is 0 Å². The van der Waals surface area contributed by atoms with Crippen LogP contribution in [-0.4, -0.2) is 0 Å². The van der Waals surface area contributed by atoms with Gasteiger partial charge in [0.1, 0.15) is 5.82 Å². The van der Waals surface area contributed by atoms with Gasteiger partial charge >= 0.3 is 0 Å². The lowest BCUT2D eigenvalue weighted by molar-refractivity contribution is 0.335. The molecule has 81 valence electrons. The third-order valence-corrected chi connectivity index (χ3v) is 3.72. The van der Waals surface area contributed by atoms with Gasteiger partial charge in [0.15, 0.2) is 0 Å². The molecule has 0 nitrogen and oxygen atoms in total. The fourth-order valence-electron chi connectivity index (χ4n) is 2.71. The number of hydrogen-bond donors (Lipinski definition) is 0. The maximum absolute atomic E-state index is 12.9. The third kappa shape index (κ3) is 2.06. The molecule has 0 spiro atoms. The summed E-state index contributed by atoms with van der Waals surface area (Å²) in [5, 5.41) is 0. The highest BCUT2D eigenvalue weighted by molar-refractivity contribution is 5.29. The minimum absolute atomic E-state index is 0.138. The van der Waals surface area contributed by atoms with Crippen molar-refractivity contribution >= 4 is 0 Å². The first kappa shape index (κ1) is 10.7. The van der Waals surface area contributed by atoms with E-state index in [-0.39, 0.29) is 11.2 Å². The Morgan fingerprint density at radius 2 is 1.67 bits per heavy atom. The summed E-state index contributed by atoms with van der Waals surface area (Å²) in [6, 6.07) is 7.05. The molecule has 1 aromatic rings. The van der Waals surface area contributed by atoms with Crippen molar-refractivity contribution in [3.05, 3.63) is 42.1 Å². The van der Waals surface area contributed by atoms with E-state index in [2.05, 4.69) is 13.3 Å². The van der Waals surface area contributed by atoms with Crippen LogP contribution in [0.2, 0.25) is 0 Å². The molecule has 0 aliphatic heterocycles. The van der Waals surface area contributed by atoms with Crippen LogP contribution in [0.25, 0.3) is 0 Å². The van der Waals surface area contributed by atoms with Crippen molar-refractivity contribution in [2.24, 2.45) is 0 Å². The van der Waals surface area contributed by atoms with Gasteiger partial charge in [0.25, 0.3) is 0 Å². The van der Waals surface area contributed by atoms with Gasteiger partial charge in [-0.3, -0.25) is 0 Å². The highest BCUT2D eigenvalue weighted by Crippen LogP contribution is 2.41. The minimum Gasteiger partial charge on any atom is -0.207 e. The van der Waals surface area contributed by atoms with Crippen molar-refractivity contribution < 1.29 is 4.39 Å². The molecule has 1 aliphatic carbocycles. The quantitative estimate of drug-likeness (QED) is 0.677. The predicted molar refractivity (Wildman–Crippen MR) is 61.1 cm³/mol. The van der Waals surface area contributed by atoms with Gasteiger partial charge in [0.05, 0.1) is 0 Å². The molecule has 0 atom stereocenters. The first-order chi connectivity index (χ1) is 7.27. The fraction of sp³-hybridized carbons (Fsp3) is 0.500. The Morgan fingerprint density at radius 3 is 2.20 bits per heavy atom. The summed E-state index contributed by atoms with van der Waals surface area (Å²) in [6.45, 7) is 2.13. The van der Waals surface area contributed by atoms with Gasteiger partial charge < -0.3 is 0 Å². The Hall–Kier alpha value is -0.850. The molecule has 1 radical (unpaired) electrons. The Morgan fingerprint density at radius 1 is 1.07 bits per heavy atom. The third-order valence-electron chi connectivity index (χ3n) is 3.72. The lowest BCUT2D eigenvalue weighted by Gasteiger charge is -2.36. The van der Waals surface area contributed by atoms with E-state index < -0.39 is 0 Å². The first-order valence-electron chi connectivity index (χ1n) is 5.83. The Kier molecular flexibility index (Phi) is 3.08. The summed E-state index contributed by atoms with van der Waals surface area (Å²) in [7, 11) is 0. The van der Waals surface area contributed by atoms with Crippen molar-refractivity contribution in [3.8, 4) is 0 Å². The lowest BCUT2D eigenvalue weighted by atomic mass is 9.68. The molecule has 1 saturated carbocycles. The van der Waals surface area contributed by atoms with Gasteiger partial charge in [0, 0.05) is 0 Å². The number of hydrogen-bond acceptors (Lipinski definition) is 0. The standard InChI is InChI=1S/C14H18F/c1-2-14(10-4-3-5-11-14)12-6-8-13(15)9-7-12/h2,6-9H,3-5,10-11H2,1H3. The molecule has 15 heavy (non-hydrogen) atoms. The zero-order valence-corrected chi connectivity index (χ0v) is 9.30. The van der Waals surface area contributed by atoms with E-state index in [9.17, 15) is 4.39 Å². The topological polar surface area (TPSA) is 0 Å². The highest BCUT2D eigenvalue weighted by atomic mass is 19.1. The fourth-order valence-corrected chi connectivity index (χ4v) is 2.71. The van der Waals surface area contributed by atoms with Gasteiger partial charge in [-0.25, -0.2) is 4.39 Å². The number of halogens is 1. The summed E-state index contributed by atoms with van der Waals surface area (Å²) < 4.78 is 12.9. The van der Waals surface area contributed by atoms with E-state index in [0.717, 1.165) is 0 Å². The van der Waals surface area contributed by atoms with E-state index in [4.69, 9.17) is 0 Å². The lowest BCUT2D eigenvalue weighted by Crippen LogP contribution is -2.28. The van der Waals surface area contributed by atoms with Gasteiger partial charge in [-0.1, -0.05) is 38.3 Å². The average Bonchev–Trinajstić information content (AvgIpc) is 2.31. The second kappa shape index (κ2) is 4.34. The molecule has 2 rings (SSSR count). The Bertz CT molecular complexity index is 307. The van der Waals surface area contributed by atoms with E-state index >= 15 is 0 Å². The first-order valence-corrected chi connectivity index (χ1v) is 5.83. The van der Waals surface area contributed by atoms with Crippen LogP contribution in [0, 0.1) is 12.2 Å². The summed E-state index contributed by atoms with van der Waals surface area (Å²) >= 11 is 0. The van der Waals surface area contributed by atoms with Crippen LogP contribution < -0.4 is 0 Å². The van der Waals surface area contributed by atoms with Crippen molar-refractivity contribution in [1.29, 1.82) is 0 Å². The Labute approximate surface area is 91.5 Å². The molecule has 1 aromatic carbocycles. The molecule has 0 aromatic heterocycles. The van der Waals surface area contributed by atoms with Crippen LogP contribution in [0.1, 0.15) is 44.6 Å². The van der Waals surface area contributed by atoms with Crippen LogP contribution in [0.3, 0.4) is 0 Å². The molecule has 0 heterocycles. The number of rotatable bonds is 2. The molecule has 1 heteroatoms. The smallest absolute Gasteiger partial charge is 0.123 e. The molecular weight excluding hydrogens is 187 g/mol. The summed E-state index contributed by atoms with van der Waals surface area (Å²) in [5.74, 6) is -0.138. The Balaban J connectivity index is 2.28. The van der Waals surface area contributed by atoms with Crippen LogP contribution in [0.5, 0.6) is 0 Å². The molecular formula is C14H18F. The monoisotopic (exact) mass is 205 g/mol. The summed E-state index contributed by atoms with van der Waals surface area (Å²) in [6.07, 6.45) is 8.67. The maximum atomic E-state index is 12.9. The molecule has 0 N–H and O–H groups in total. The molecule has 0 unspecified atom stereocenters. The van der Waals surface area contributed by atoms with E-state index in [1.807, 2.05) is 12.1 Å². The predicted octanol–water partition coefficient (Wildman–Crippen LogP) is 4.25. The van der Waals surface area contributed by atoms with Crippen LogP contribution >= 0.6 is 0 Å². The summed E-state index contributed by atoms with van der Waals surface area (Å²) in [5.41, 5.74) is 1.50. The SMILES string of the molecule is C[CH]C1(c2ccc(F)cc2)CCCCC1. The molecule has 0 amide bonds. The molecule has 1 fully saturated rings. The van der Waals surface area contributed by atoms with Crippen LogP contribution in [0.15, 0.2) is 24.3 Å². The van der Waals surface area contributed by atoms with E-state index in [1.165, 1.54) is 37.7 Å². The van der Waals surface area contributed by atoms with E-state index in [0.29, 0.717) is 0 Å². The second-order valence-electron chi connectivity index (χ2n) is 4.51. The normalized spacial score (nSPS) is 20.1. The molecule has 0 saturated heterocycles. The summed E-state index contributed by atoms with van der Waals surface area (Å²) in [4.78, 5) is 0. The highest BCUT2D eigenvalue weighted by Gasteiger charge is 2.31. The molecule has 1 aliphatic rings. The van der Waals surface area contributed by atoms with Crippen molar-refractivity contribution in [2.45, 2.75) is 44.4 Å². The maximum Gasteiger partial charge on any atom is 0.123 e. The zero-order chi connectivity index (χ0) is 10.7. The molecule has 0 bridgehead atoms. The zero-order valence-electron chi connectivity index (χ0n) is 9.30. The van der Waals surface area contributed by atoms with Gasteiger partial charge in [-0.15, -0.1) is 0 Å². The van der Waals surface area contributed by atoms with Crippen LogP contribution in [0.4, 0.5) is 4.39 Å². The van der Waals surface area contributed by atoms with Crippen molar-refractivity contribution in [1.82, 2.24) is 0 Å². The van der Waals surface area contributed by atoms with Crippen LogP contribution in [-0.2, 0) is 5.41 Å².